The first-order valence-electron chi connectivity index (χ1n) is 6.46. The molecule has 2 heterocycles. The van der Waals surface area contributed by atoms with E-state index in [2.05, 4.69) is 20.3 Å². The molecule has 1 aromatic heterocycles. The number of benzene rings is 1. The molecule has 21 heavy (non-hydrogen) atoms. The zero-order valence-corrected chi connectivity index (χ0v) is 11.2. The first-order valence-corrected chi connectivity index (χ1v) is 6.46. The van der Waals surface area contributed by atoms with Crippen LogP contribution in [0.3, 0.4) is 0 Å². The van der Waals surface area contributed by atoms with Gasteiger partial charge in [-0.15, -0.1) is 0 Å². The fourth-order valence-electron chi connectivity index (χ4n) is 2.02. The van der Waals surface area contributed by atoms with Gasteiger partial charge in [0.1, 0.15) is 12.1 Å². The minimum Gasteiger partial charge on any atom is -0.340 e. The highest BCUT2D eigenvalue weighted by Crippen LogP contribution is 2.22. The molecule has 0 radical (unpaired) electrons. The van der Waals surface area contributed by atoms with Crippen LogP contribution in [-0.2, 0) is 0 Å². The second-order valence-electron chi connectivity index (χ2n) is 4.35. The average molecular weight is 279 g/mol. The zero-order chi connectivity index (χ0) is 14.5. The molecular weight excluding hydrogens is 266 g/mol. The van der Waals surface area contributed by atoms with Crippen LogP contribution in [0.15, 0.2) is 60.2 Å². The van der Waals surface area contributed by atoms with Gasteiger partial charge in [0.2, 0.25) is 0 Å². The third kappa shape index (κ3) is 2.94. The van der Waals surface area contributed by atoms with Crippen molar-refractivity contribution in [1.29, 1.82) is 0 Å². The number of carbonyl (C=O) groups excluding carboxylic acids is 1. The molecule has 1 aromatic carbocycles. The van der Waals surface area contributed by atoms with Crippen molar-refractivity contribution in [2.45, 2.75) is 0 Å². The number of nitrogens with zero attached hydrogens (tertiary/aromatic N) is 4. The van der Waals surface area contributed by atoms with Gasteiger partial charge in [0, 0.05) is 24.8 Å². The molecular formula is C15H13N5O. The lowest BCUT2D eigenvalue weighted by Gasteiger charge is -2.22. The largest absolute Gasteiger partial charge is 0.340 e. The summed E-state index contributed by atoms with van der Waals surface area (Å²) < 4.78 is 0. The number of anilines is 2. The molecule has 0 saturated heterocycles. The number of carbonyl (C=O) groups is 1. The second kappa shape index (κ2) is 5.96. The van der Waals surface area contributed by atoms with Gasteiger partial charge in [-0.1, -0.05) is 12.1 Å². The first-order chi connectivity index (χ1) is 10.3. The van der Waals surface area contributed by atoms with E-state index in [4.69, 9.17) is 0 Å². The summed E-state index contributed by atoms with van der Waals surface area (Å²) in [6, 6.07) is 9.06. The Bertz CT molecular complexity index is 696. The molecule has 0 atom stereocenters. The molecule has 0 unspecified atom stereocenters. The van der Waals surface area contributed by atoms with Crippen molar-refractivity contribution in [3.8, 4) is 0 Å². The van der Waals surface area contributed by atoms with E-state index in [-0.39, 0.29) is 5.91 Å². The van der Waals surface area contributed by atoms with Crippen molar-refractivity contribution in [3.63, 3.8) is 0 Å². The van der Waals surface area contributed by atoms with Gasteiger partial charge in [-0.05, 0) is 18.2 Å². The van der Waals surface area contributed by atoms with Crippen molar-refractivity contribution in [2.75, 3.05) is 16.8 Å². The SMILES string of the molecule is O=C(Nc1ccncn1)c1ccccc1N1C=CN=CC1. The lowest BCUT2D eigenvalue weighted by molar-refractivity contribution is 0.102. The number of hydrogen-bond donors (Lipinski definition) is 1. The summed E-state index contributed by atoms with van der Waals surface area (Å²) in [6.07, 6.45) is 8.31. The Morgan fingerprint density at radius 2 is 2.14 bits per heavy atom. The Hall–Kier alpha value is -3.02. The molecule has 1 aliphatic heterocycles. The third-order valence-electron chi connectivity index (χ3n) is 3.00. The number of nitrogens with one attached hydrogen (secondary N) is 1. The summed E-state index contributed by atoms with van der Waals surface area (Å²) in [4.78, 5) is 26.2. The summed E-state index contributed by atoms with van der Waals surface area (Å²) >= 11 is 0. The van der Waals surface area contributed by atoms with E-state index in [1.807, 2.05) is 29.3 Å². The van der Waals surface area contributed by atoms with Gasteiger partial charge >= 0.3 is 0 Å². The van der Waals surface area contributed by atoms with E-state index in [1.165, 1.54) is 6.33 Å². The monoisotopic (exact) mass is 279 g/mol. The van der Waals surface area contributed by atoms with Gasteiger partial charge in [-0.3, -0.25) is 9.79 Å². The number of hydrogen-bond acceptors (Lipinski definition) is 5. The van der Waals surface area contributed by atoms with E-state index >= 15 is 0 Å². The van der Waals surface area contributed by atoms with Crippen molar-refractivity contribution in [3.05, 3.63) is 60.8 Å². The topological polar surface area (TPSA) is 70.5 Å². The first kappa shape index (κ1) is 13.0. The Kier molecular flexibility index (Phi) is 3.68. The standard InChI is InChI=1S/C15H13N5O/c21-15(19-14-5-6-17-11-18-14)12-3-1-2-4-13(12)20-9-7-16-8-10-20/h1-9,11H,10H2,(H,17,18,19,21). The average Bonchev–Trinajstić information content (AvgIpc) is 2.56. The van der Waals surface area contributed by atoms with Crippen LogP contribution < -0.4 is 10.2 Å². The van der Waals surface area contributed by atoms with Crippen LogP contribution in [0.25, 0.3) is 0 Å². The number of aromatic nitrogens is 2. The van der Waals surface area contributed by atoms with Crippen molar-refractivity contribution >= 4 is 23.6 Å². The molecule has 3 rings (SSSR count). The van der Waals surface area contributed by atoms with Crippen LogP contribution in [-0.4, -0.2) is 28.6 Å². The number of para-hydroxylation sites is 1. The quantitative estimate of drug-likeness (QED) is 0.934. The molecule has 1 amide bonds. The number of amides is 1. The summed E-state index contributed by atoms with van der Waals surface area (Å²) in [5.41, 5.74) is 1.41. The molecule has 1 aliphatic rings. The maximum absolute atomic E-state index is 12.4. The van der Waals surface area contributed by atoms with Crippen molar-refractivity contribution in [2.24, 2.45) is 4.99 Å². The molecule has 6 nitrogen and oxygen atoms in total. The lowest BCUT2D eigenvalue weighted by atomic mass is 10.1. The molecule has 0 spiro atoms. The fourth-order valence-corrected chi connectivity index (χ4v) is 2.02. The van der Waals surface area contributed by atoms with Gasteiger partial charge in [0.15, 0.2) is 0 Å². The summed E-state index contributed by atoms with van der Waals surface area (Å²) in [5, 5.41) is 2.76. The predicted octanol–water partition coefficient (Wildman–Crippen LogP) is 2.09. The van der Waals surface area contributed by atoms with E-state index < -0.39 is 0 Å². The highest BCUT2D eigenvalue weighted by molar-refractivity contribution is 6.08. The molecule has 2 aromatic rings. The Labute approximate surface area is 121 Å². The molecule has 1 N–H and O–H groups in total. The Morgan fingerprint density at radius 1 is 1.24 bits per heavy atom. The minimum atomic E-state index is -0.208. The number of aliphatic imine (C=N–C) groups is 1. The van der Waals surface area contributed by atoms with Gasteiger partial charge in [-0.25, -0.2) is 9.97 Å². The Morgan fingerprint density at radius 3 is 2.90 bits per heavy atom. The minimum absolute atomic E-state index is 0.208. The molecule has 0 bridgehead atoms. The van der Waals surface area contributed by atoms with E-state index in [0.29, 0.717) is 17.9 Å². The normalized spacial score (nSPS) is 13.2. The third-order valence-corrected chi connectivity index (χ3v) is 3.00. The predicted molar refractivity (Wildman–Crippen MR) is 81.4 cm³/mol. The zero-order valence-electron chi connectivity index (χ0n) is 11.2. The fraction of sp³-hybridized carbons (Fsp3) is 0.0667. The van der Waals surface area contributed by atoms with Crippen molar-refractivity contribution < 1.29 is 4.79 Å². The molecule has 104 valence electrons. The highest BCUT2D eigenvalue weighted by atomic mass is 16.1. The van der Waals surface area contributed by atoms with Crippen LogP contribution in [0.1, 0.15) is 10.4 Å². The highest BCUT2D eigenvalue weighted by Gasteiger charge is 2.15. The number of rotatable bonds is 3. The van der Waals surface area contributed by atoms with Crippen molar-refractivity contribution in [1.82, 2.24) is 9.97 Å². The van der Waals surface area contributed by atoms with E-state index in [1.54, 1.807) is 30.7 Å². The van der Waals surface area contributed by atoms with E-state index in [0.717, 1.165) is 5.69 Å². The summed E-state index contributed by atoms with van der Waals surface area (Å²) in [6.45, 7) is 0.633. The second-order valence-corrected chi connectivity index (χ2v) is 4.35. The maximum atomic E-state index is 12.4. The summed E-state index contributed by atoms with van der Waals surface area (Å²) in [7, 11) is 0. The maximum Gasteiger partial charge on any atom is 0.258 e. The van der Waals surface area contributed by atoms with Gasteiger partial charge < -0.3 is 10.2 Å². The molecule has 6 heteroatoms. The van der Waals surface area contributed by atoms with Gasteiger partial charge in [0.05, 0.1) is 17.8 Å². The van der Waals surface area contributed by atoms with Gasteiger partial charge in [-0.2, -0.15) is 0 Å². The van der Waals surface area contributed by atoms with E-state index in [9.17, 15) is 4.79 Å². The van der Waals surface area contributed by atoms with Crippen LogP contribution in [0.5, 0.6) is 0 Å². The van der Waals surface area contributed by atoms with Crippen LogP contribution in [0, 0.1) is 0 Å². The smallest absolute Gasteiger partial charge is 0.258 e. The lowest BCUT2D eigenvalue weighted by Crippen LogP contribution is -2.24. The van der Waals surface area contributed by atoms with Gasteiger partial charge in [0.25, 0.3) is 5.91 Å². The Balaban J connectivity index is 1.86. The molecule has 0 aliphatic carbocycles. The summed E-state index contributed by atoms with van der Waals surface area (Å²) in [5.74, 6) is 0.265. The van der Waals surface area contributed by atoms with Crippen LogP contribution >= 0.6 is 0 Å². The van der Waals surface area contributed by atoms with Crippen LogP contribution in [0.2, 0.25) is 0 Å². The molecule has 0 saturated carbocycles. The van der Waals surface area contributed by atoms with Crippen LogP contribution in [0.4, 0.5) is 11.5 Å². The molecule has 0 fully saturated rings.